The van der Waals surface area contributed by atoms with Crippen molar-refractivity contribution in [3.05, 3.63) is 83.7 Å². The molecule has 1 aliphatic heterocycles. The van der Waals surface area contributed by atoms with E-state index in [1.807, 2.05) is 0 Å². The van der Waals surface area contributed by atoms with Crippen molar-refractivity contribution in [1.29, 1.82) is 0 Å². The zero-order chi connectivity index (χ0) is 29.1. The SMILES string of the molecule is CN1C(=O)[C@@H](NC(=O)n2cc(Cc3cccc(F)c3)cn2)COc2ccc(OCc3cn(CC(C)(C)O)nn3)cc21. The van der Waals surface area contributed by atoms with Gasteiger partial charge in [0.1, 0.15) is 42.3 Å². The van der Waals surface area contributed by atoms with Crippen LogP contribution in [-0.4, -0.2) is 67.1 Å². The Morgan fingerprint density at radius 1 is 1.22 bits per heavy atom. The monoisotopic (exact) mass is 563 g/mol. The number of fused-ring (bicyclic) bond motifs is 1. The molecule has 0 aliphatic carbocycles. The molecule has 0 unspecified atom stereocenters. The molecule has 12 nitrogen and oxygen atoms in total. The molecule has 5 rings (SSSR count). The number of hydrogen-bond donors (Lipinski definition) is 2. The number of nitrogens with zero attached hydrogens (tertiary/aromatic N) is 6. The summed E-state index contributed by atoms with van der Waals surface area (Å²) in [6.07, 6.45) is 5.15. The Bertz CT molecular complexity index is 1560. The lowest BCUT2D eigenvalue weighted by Crippen LogP contribution is -2.50. The molecule has 2 aromatic carbocycles. The average molecular weight is 564 g/mol. The molecular weight excluding hydrogens is 533 g/mol. The highest BCUT2D eigenvalue weighted by Gasteiger charge is 2.31. The minimum absolute atomic E-state index is 0.0795. The number of aliphatic hydroxyl groups is 1. The van der Waals surface area contributed by atoms with Crippen molar-refractivity contribution < 1.29 is 28.6 Å². The first-order valence-electron chi connectivity index (χ1n) is 12.9. The van der Waals surface area contributed by atoms with Crippen molar-refractivity contribution in [2.24, 2.45) is 0 Å². The van der Waals surface area contributed by atoms with E-state index in [9.17, 15) is 19.1 Å². The van der Waals surface area contributed by atoms with Crippen molar-refractivity contribution >= 4 is 17.6 Å². The molecule has 13 heteroatoms. The van der Waals surface area contributed by atoms with E-state index in [4.69, 9.17) is 9.47 Å². The highest BCUT2D eigenvalue weighted by atomic mass is 19.1. The van der Waals surface area contributed by atoms with E-state index in [1.54, 1.807) is 62.1 Å². The largest absolute Gasteiger partial charge is 0.489 e. The van der Waals surface area contributed by atoms with Crippen LogP contribution in [0.3, 0.4) is 0 Å². The van der Waals surface area contributed by atoms with Crippen LogP contribution in [-0.2, 0) is 24.4 Å². The molecule has 1 aliphatic rings. The number of carbonyl (C=O) groups is 2. The van der Waals surface area contributed by atoms with E-state index in [0.717, 1.165) is 10.2 Å². The van der Waals surface area contributed by atoms with E-state index in [2.05, 4.69) is 20.7 Å². The number of aromatic nitrogens is 5. The molecule has 0 fully saturated rings. The Labute approximate surface area is 235 Å². The second kappa shape index (κ2) is 11.4. The zero-order valence-corrected chi connectivity index (χ0v) is 22.8. The molecule has 2 aromatic heterocycles. The number of carbonyl (C=O) groups excluding carboxylic acids is 2. The maximum atomic E-state index is 13.5. The van der Waals surface area contributed by atoms with Crippen molar-refractivity contribution in [2.75, 3.05) is 18.6 Å². The minimum Gasteiger partial charge on any atom is -0.489 e. The number of rotatable bonds is 8. The third-order valence-electron chi connectivity index (χ3n) is 6.29. The molecule has 0 saturated heterocycles. The molecule has 1 atom stereocenters. The fraction of sp³-hybridized carbons (Fsp3) is 0.321. The Morgan fingerprint density at radius 3 is 2.83 bits per heavy atom. The molecule has 4 aromatic rings. The van der Waals surface area contributed by atoms with Gasteiger partial charge in [-0.15, -0.1) is 5.10 Å². The predicted molar refractivity (Wildman–Crippen MR) is 145 cm³/mol. The summed E-state index contributed by atoms with van der Waals surface area (Å²) in [6, 6.07) is 9.71. The minimum atomic E-state index is -0.967. The highest BCUT2D eigenvalue weighted by molar-refractivity contribution is 6.00. The average Bonchev–Trinajstić information content (AvgIpc) is 3.55. The van der Waals surface area contributed by atoms with Crippen molar-refractivity contribution in [2.45, 2.75) is 45.1 Å². The van der Waals surface area contributed by atoms with Crippen LogP contribution in [0.4, 0.5) is 14.9 Å². The van der Waals surface area contributed by atoms with Crippen LogP contribution in [0.2, 0.25) is 0 Å². The second-order valence-electron chi connectivity index (χ2n) is 10.4. The van der Waals surface area contributed by atoms with E-state index >= 15 is 0 Å². The second-order valence-corrected chi connectivity index (χ2v) is 10.4. The first kappa shape index (κ1) is 27.8. The lowest BCUT2D eigenvalue weighted by Gasteiger charge is -2.20. The summed E-state index contributed by atoms with van der Waals surface area (Å²) in [5.74, 6) is 0.221. The van der Waals surface area contributed by atoms with Gasteiger partial charge in [0.05, 0.1) is 30.2 Å². The van der Waals surface area contributed by atoms with Crippen LogP contribution < -0.4 is 19.7 Å². The van der Waals surface area contributed by atoms with Gasteiger partial charge in [-0.1, -0.05) is 17.3 Å². The summed E-state index contributed by atoms with van der Waals surface area (Å²) < 4.78 is 27.8. The molecule has 0 saturated carbocycles. The van der Waals surface area contributed by atoms with Gasteiger partial charge in [-0.2, -0.15) is 9.78 Å². The van der Waals surface area contributed by atoms with Crippen LogP contribution in [0.15, 0.2) is 61.1 Å². The Kier molecular flexibility index (Phi) is 7.70. The summed E-state index contributed by atoms with van der Waals surface area (Å²) in [6.45, 7) is 3.70. The molecule has 2 amide bonds. The molecule has 0 spiro atoms. The Hall–Kier alpha value is -4.78. The van der Waals surface area contributed by atoms with Gasteiger partial charge in [-0.05, 0) is 49.2 Å². The number of anilines is 1. The maximum absolute atomic E-state index is 13.5. The number of likely N-dealkylation sites (N-methyl/N-ethyl adjacent to an activating group) is 1. The smallest absolute Gasteiger partial charge is 0.342 e. The van der Waals surface area contributed by atoms with Gasteiger partial charge >= 0.3 is 6.03 Å². The number of benzene rings is 2. The van der Waals surface area contributed by atoms with Crippen molar-refractivity contribution in [3.8, 4) is 11.5 Å². The van der Waals surface area contributed by atoms with Crippen LogP contribution >= 0.6 is 0 Å². The van der Waals surface area contributed by atoms with E-state index < -0.39 is 17.7 Å². The quantitative estimate of drug-likeness (QED) is 0.334. The molecular formula is C28H30FN7O5. The summed E-state index contributed by atoms with van der Waals surface area (Å²) in [5.41, 5.74) is 1.59. The normalized spacial score (nSPS) is 15.2. The third-order valence-corrected chi connectivity index (χ3v) is 6.29. The molecule has 214 valence electrons. The molecule has 0 bridgehead atoms. The standard InChI is InChI=1S/C28H30FN7O5/c1-28(2,39)17-35-14-21(32-33-35)15-40-22-7-8-25-24(11-22)34(3)26(37)23(16-41-25)31-27(38)36-13-19(12-30-36)9-18-5-4-6-20(29)10-18/h4-8,10-14,23,39H,9,15-17H2,1-3H3,(H,31,38)/t23-/m0/s1. The summed E-state index contributed by atoms with van der Waals surface area (Å²) >= 11 is 0. The van der Waals surface area contributed by atoms with Gasteiger partial charge in [-0.25, -0.2) is 13.9 Å². The van der Waals surface area contributed by atoms with Gasteiger partial charge in [0.25, 0.3) is 5.91 Å². The van der Waals surface area contributed by atoms with Crippen LogP contribution in [0.25, 0.3) is 0 Å². The lowest BCUT2D eigenvalue weighted by atomic mass is 10.1. The third kappa shape index (κ3) is 6.87. The topological polar surface area (TPSA) is 137 Å². The van der Waals surface area contributed by atoms with Crippen molar-refractivity contribution in [1.82, 2.24) is 30.1 Å². The molecule has 0 radical (unpaired) electrons. The number of hydrogen-bond acceptors (Lipinski definition) is 8. The lowest BCUT2D eigenvalue weighted by molar-refractivity contribution is -0.120. The summed E-state index contributed by atoms with van der Waals surface area (Å²) in [5, 5.41) is 24.8. The van der Waals surface area contributed by atoms with E-state index in [1.165, 1.54) is 29.4 Å². The van der Waals surface area contributed by atoms with Gasteiger partial charge in [0, 0.05) is 25.7 Å². The van der Waals surface area contributed by atoms with Gasteiger partial charge in [-0.3, -0.25) is 4.79 Å². The molecule has 2 N–H and O–H groups in total. The molecule has 3 heterocycles. The Morgan fingerprint density at radius 2 is 2.05 bits per heavy atom. The van der Waals surface area contributed by atoms with Gasteiger partial charge < -0.3 is 24.8 Å². The number of ether oxygens (including phenoxy) is 2. The van der Waals surface area contributed by atoms with Crippen molar-refractivity contribution in [3.63, 3.8) is 0 Å². The summed E-state index contributed by atoms with van der Waals surface area (Å²) in [4.78, 5) is 27.5. The van der Waals surface area contributed by atoms with E-state index in [0.29, 0.717) is 34.9 Å². The van der Waals surface area contributed by atoms with Crippen LogP contribution in [0.1, 0.15) is 30.7 Å². The fourth-order valence-corrected chi connectivity index (χ4v) is 4.37. The van der Waals surface area contributed by atoms with Gasteiger partial charge in [0.2, 0.25) is 0 Å². The van der Waals surface area contributed by atoms with Crippen LogP contribution in [0, 0.1) is 5.82 Å². The molecule has 41 heavy (non-hydrogen) atoms. The number of nitrogens with one attached hydrogen (secondary N) is 1. The van der Waals surface area contributed by atoms with Crippen LogP contribution in [0.5, 0.6) is 11.5 Å². The first-order valence-corrected chi connectivity index (χ1v) is 12.9. The maximum Gasteiger partial charge on any atom is 0.342 e. The Balaban J connectivity index is 1.20. The number of halogens is 1. The zero-order valence-electron chi connectivity index (χ0n) is 22.8. The highest BCUT2D eigenvalue weighted by Crippen LogP contribution is 2.34. The first-order chi connectivity index (χ1) is 19.5. The van der Waals surface area contributed by atoms with E-state index in [-0.39, 0.29) is 31.5 Å². The number of amides is 2. The predicted octanol–water partition coefficient (Wildman–Crippen LogP) is 2.54. The summed E-state index contributed by atoms with van der Waals surface area (Å²) in [7, 11) is 1.59. The fourth-order valence-electron chi connectivity index (χ4n) is 4.37. The van der Waals surface area contributed by atoms with Gasteiger partial charge in [0.15, 0.2) is 0 Å².